The molecule has 158 valence electrons. The SMILES string of the molecule is CCCCCCCCCCCCCCCCCCN(C)N1C(=O)CNC1=O. The lowest BCUT2D eigenvalue weighted by Gasteiger charge is -2.24. The summed E-state index contributed by atoms with van der Waals surface area (Å²) >= 11 is 0. The zero-order valence-electron chi connectivity index (χ0n) is 17.9. The lowest BCUT2D eigenvalue weighted by molar-refractivity contribution is -0.135. The van der Waals surface area contributed by atoms with E-state index in [9.17, 15) is 9.59 Å². The lowest BCUT2D eigenvalue weighted by Crippen LogP contribution is -2.44. The molecule has 0 atom stereocenters. The topological polar surface area (TPSA) is 52.6 Å². The van der Waals surface area contributed by atoms with Gasteiger partial charge in [0.25, 0.3) is 5.91 Å². The van der Waals surface area contributed by atoms with Crippen LogP contribution in [0.1, 0.15) is 110 Å². The van der Waals surface area contributed by atoms with Crippen LogP contribution in [0.2, 0.25) is 0 Å². The molecule has 0 spiro atoms. The maximum Gasteiger partial charge on any atom is 0.339 e. The van der Waals surface area contributed by atoms with E-state index in [4.69, 9.17) is 0 Å². The number of rotatable bonds is 18. The number of amides is 3. The summed E-state index contributed by atoms with van der Waals surface area (Å²) < 4.78 is 0. The molecule has 0 aromatic rings. The third kappa shape index (κ3) is 11.4. The van der Waals surface area contributed by atoms with Crippen molar-refractivity contribution in [1.29, 1.82) is 0 Å². The third-order valence-corrected chi connectivity index (χ3v) is 5.50. The van der Waals surface area contributed by atoms with Crippen LogP contribution in [0.5, 0.6) is 0 Å². The lowest BCUT2D eigenvalue weighted by atomic mass is 10.0. The summed E-state index contributed by atoms with van der Waals surface area (Å²) in [6, 6.07) is -0.293. The predicted molar refractivity (Wildman–Crippen MR) is 112 cm³/mol. The number of urea groups is 1. The Morgan fingerprint density at radius 3 is 1.52 bits per heavy atom. The molecule has 1 aliphatic heterocycles. The smallest absolute Gasteiger partial charge is 0.327 e. The largest absolute Gasteiger partial charge is 0.339 e. The molecule has 0 saturated carbocycles. The first-order valence-electron chi connectivity index (χ1n) is 11.5. The maximum atomic E-state index is 11.6. The van der Waals surface area contributed by atoms with Crippen LogP contribution >= 0.6 is 0 Å². The molecule has 1 N–H and O–H groups in total. The Morgan fingerprint density at radius 2 is 1.15 bits per heavy atom. The molecule has 1 aliphatic rings. The number of carbonyl (C=O) groups is 2. The highest BCUT2D eigenvalue weighted by Gasteiger charge is 2.31. The van der Waals surface area contributed by atoms with Gasteiger partial charge in [-0.2, -0.15) is 5.01 Å². The van der Waals surface area contributed by atoms with Crippen LogP contribution in [0.15, 0.2) is 0 Å². The molecule has 0 bridgehead atoms. The normalized spacial score (nSPS) is 14.4. The van der Waals surface area contributed by atoms with Gasteiger partial charge in [-0.3, -0.25) is 4.79 Å². The standard InChI is InChI=1S/C22H43N3O2/c1-3-4-5-6-7-8-9-10-11-12-13-14-15-16-17-18-19-24(2)25-21(26)20-23-22(25)27/h3-20H2,1-2H3,(H,23,27). The van der Waals surface area contributed by atoms with Crippen LogP contribution in [0.25, 0.3) is 0 Å². The van der Waals surface area contributed by atoms with Gasteiger partial charge in [0.05, 0.1) is 0 Å². The van der Waals surface area contributed by atoms with E-state index in [1.54, 1.807) is 5.01 Å². The summed E-state index contributed by atoms with van der Waals surface area (Å²) in [6.45, 7) is 3.16. The van der Waals surface area contributed by atoms with Crippen molar-refractivity contribution in [2.24, 2.45) is 0 Å². The first-order valence-corrected chi connectivity index (χ1v) is 11.5. The Kier molecular flexibility index (Phi) is 14.1. The van der Waals surface area contributed by atoms with E-state index in [-0.39, 0.29) is 18.5 Å². The Labute approximate surface area is 167 Å². The van der Waals surface area contributed by atoms with Gasteiger partial charge < -0.3 is 5.32 Å². The van der Waals surface area contributed by atoms with Crippen molar-refractivity contribution >= 4 is 11.9 Å². The van der Waals surface area contributed by atoms with Crippen molar-refractivity contribution in [2.75, 3.05) is 20.1 Å². The van der Waals surface area contributed by atoms with Gasteiger partial charge in [-0.25, -0.2) is 9.80 Å². The molecule has 1 heterocycles. The summed E-state index contributed by atoms with van der Waals surface area (Å²) in [4.78, 5) is 23.1. The molecule has 1 rings (SSSR count). The highest BCUT2D eigenvalue weighted by atomic mass is 16.2. The van der Waals surface area contributed by atoms with Gasteiger partial charge in [-0.1, -0.05) is 103 Å². The van der Waals surface area contributed by atoms with Crippen molar-refractivity contribution in [3.63, 3.8) is 0 Å². The number of nitrogens with zero attached hydrogens (tertiary/aromatic N) is 2. The average molecular weight is 382 g/mol. The molecule has 5 heteroatoms. The minimum Gasteiger partial charge on any atom is -0.327 e. The molecule has 0 aromatic carbocycles. The molecular formula is C22H43N3O2. The van der Waals surface area contributed by atoms with Crippen LogP contribution in [0.3, 0.4) is 0 Å². The molecule has 0 unspecified atom stereocenters. The second-order valence-electron chi connectivity index (χ2n) is 8.05. The Morgan fingerprint density at radius 1 is 0.741 bits per heavy atom. The van der Waals surface area contributed by atoms with Gasteiger partial charge in [-0.05, 0) is 6.42 Å². The zero-order valence-corrected chi connectivity index (χ0v) is 17.9. The number of nitrogens with one attached hydrogen (secondary N) is 1. The van der Waals surface area contributed by atoms with Gasteiger partial charge in [0.1, 0.15) is 6.54 Å². The summed E-state index contributed by atoms with van der Waals surface area (Å²) in [6.07, 6.45) is 21.6. The molecule has 1 saturated heterocycles. The van der Waals surface area contributed by atoms with Crippen molar-refractivity contribution in [3.8, 4) is 0 Å². The number of unbranched alkanes of at least 4 members (excludes halogenated alkanes) is 15. The van der Waals surface area contributed by atoms with Crippen LogP contribution in [0.4, 0.5) is 4.79 Å². The molecule has 1 fully saturated rings. The third-order valence-electron chi connectivity index (χ3n) is 5.50. The zero-order chi connectivity index (χ0) is 19.7. The van der Waals surface area contributed by atoms with Crippen LogP contribution in [-0.4, -0.2) is 42.1 Å². The van der Waals surface area contributed by atoms with Crippen molar-refractivity contribution < 1.29 is 9.59 Å². The minimum atomic E-state index is -0.293. The summed E-state index contributed by atoms with van der Waals surface area (Å²) in [5, 5.41) is 5.52. The molecule has 0 aliphatic carbocycles. The number of imide groups is 1. The monoisotopic (exact) mass is 381 g/mol. The van der Waals surface area contributed by atoms with Crippen LogP contribution in [0, 0.1) is 0 Å². The van der Waals surface area contributed by atoms with E-state index in [1.165, 1.54) is 101 Å². The molecule has 3 amide bonds. The Balaban J connectivity index is 1.79. The van der Waals surface area contributed by atoms with E-state index in [2.05, 4.69) is 12.2 Å². The van der Waals surface area contributed by atoms with Crippen molar-refractivity contribution in [1.82, 2.24) is 15.3 Å². The molecule has 27 heavy (non-hydrogen) atoms. The van der Waals surface area contributed by atoms with Gasteiger partial charge in [0.15, 0.2) is 0 Å². The minimum absolute atomic E-state index is 0.127. The van der Waals surface area contributed by atoms with Gasteiger partial charge in [-0.15, -0.1) is 0 Å². The number of hydrazine groups is 1. The second kappa shape index (κ2) is 15.9. The Bertz CT molecular complexity index is 385. The van der Waals surface area contributed by atoms with Gasteiger partial charge in [0.2, 0.25) is 0 Å². The first-order chi connectivity index (χ1) is 13.2. The second-order valence-corrected chi connectivity index (χ2v) is 8.05. The van der Waals surface area contributed by atoms with Gasteiger partial charge >= 0.3 is 6.03 Å². The Hall–Kier alpha value is -1.10. The first kappa shape index (κ1) is 23.9. The van der Waals surface area contributed by atoms with E-state index in [0.717, 1.165) is 13.0 Å². The van der Waals surface area contributed by atoms with Crippen LogP contribution < -0.4 is 5.32 Å². The summed E-state index contributed by atoms with van der Waals surface area (Å²) in [5.41, 5.74) is 0. The fourth-order valence-electron chi connectivity index (χ4n) is 3.75. The molecular weight excluding hydrogens is 338 g/mol. The number of hydrogen-bond donors (Lipinski definition) is 1. The molecule has 5 nitrogen and oxygen atoms in total. The highest BCUT2D eigenvalue weighted by Crippen LogP contribution is 2.14. The van der Waals surface area contributed by atoms with E-state index in [1.807, 2.05) is 7.05 Å². The quantitative estimate of drug-likeness (QED) is 0.247. The maximum absolute atomic E-state index is 11.6. The summed E-state index contributed by atoms with van der Waals surface area (Å²) in [7, 11) is 1.81. The fraction of sp³-hybridized carbons (Fsp3) is 0.909. The fourth-order valence-corrected chi connectivity index (χ4v) is 3.75. The van der Waals surface area contributed by atoms with Crippen molar-refractivity contribution in [3.05, 3.63) is 0 Å². The predicted octanol–water partition coefficient (Wildman–Crippen LogP) is 5.65. The van der Waals surface area contributed by atoms with Crippen LogP contribution in [-0.2, 0) is 4.79 Å². The summed E-state index contributed by atoms with van der Waals surface area (Å²) in [5.74, 6) is -0.154. The molecule has 0 radical (unpaired) electrons. The van der Waals surface area contributed by atoms with E-state index in [0.29, 0.717) is 0 Å². The average Bonchev–Trinajstić information content (AvgIpc) is 2.99. The van der Waals surface area contributed by atoms with E-state index < -0.39 is 0 Å². The van der Waals surface area contributed by atoms with E-state index >= 15 is 0 Å². The van der Waals surface area contributed by atoms with Crippen molar-refractivity contribution in [2.45, 2.75) is 110 Å². The van der Waals surface area contributed by atoms with Gasteiger partial charge in [0, 0.05) is 13.6 Å². The molecule has 0 aromatic heterocycles. The number of hydrogen-bond acceptors (Lipinski definition) is 3. The number of carbonyl (C=O) groups excluding carboxylic acids is 2. The highest BCUT2D eigenvalue weighted by molar-refractivity contribution is 6.01.